The minimum Gasteiger partial charge on any atom is -0.506 e. The first kappa shape index (κ1) is 23.1. The van der Waals surface area contributed by atoms with Gasteiger partial charge in [-0.15, -0.1) is 11.3 Å². The quantitative estimate of drug-likeness (QED) is 0.375. The molecule has 1 atom stereocenters. The van der Waals surface area contributed by atoms with Crippen molar-refractivity contribution >= 4 is 49.8 Å². The SMILES string of the molecule is COC(=O)c1sc(-n2cnc3cc(S(C)(=O)=O)ccc32)cc1OC(C)c1cccc(O)c1Cl. The Balaban J connectivity index is 1.76. The van der Waals surface area contributed by atoms with Gasteiger partial charge < -0.3 is 14.6 Å². The number of thiophene rings is 1. The van der Waals surface area contributed by atoms with Crippen molar-refractivity contribution in [2.75, 3.05) is 13.4 Å². The van der Waals surface area contributed by atoms with Crippen LogP contribution in [0.1, 0.15) is 28.3 Å². The third-order valence-electron chi connectivity index (χ3n) is 4.99. The Labute approximate surface area is 198 Å². The van der Waals surface area contributed by atoms with Crippen molar-refractivity contribution in [3.05, 3.63) is 64.3 Å². The number of fused-ring (bicyclic) bond motifs is 1. The van der Waals surface area contributed by atoms with Gasteiger partial charge in [-0.1, -0.05) is 23.7 Å². The van der Waals surface area contributed by atoms with Gasteiger partial charge in [-0.3, -0.25) is 4.57 Å². The molecule has 0 aliphatic heterocycles. The summed E-state index contributed by atoms with van der Waals surface area (Å²) in [4.78, 5) is 17.1. The van der Waals surface area contributed by atoms with E-state index in [1.165, 1.54) is 25.3 Å². The number of imidazole rings is 1. The number of phenolic OH excluding ortho intramolecular Hbond substituents is 1. The normalized spacial score (nSPS) is 12.6. The molecule has 0 spiro atoms. The fraction of sp³-hybridized carbons (Fsp3) is 0.182. The highest BCUT2D eigenvalue weighted by Gasteiger charge is 2.23. The number of nitrogens with zero attached hydrogens (tertiary/aromatic N) is 2. The monoisotopic (exact) mass is 506 g/mol. The largest absolute Gasteiger partial charge is 0.506 e. The lowest BCUT2D eigenvalue weighted by atomic mass is 10.1. The molecule has 8 nitrogen and oxygen atoms in total. The van der Waals surface area contributed by atoms with Crippen molar-refractivity contribution in [1.82, 2.24) is 9.55 Å². The van der Waals surface area contributed by atoms with Crippen LogP contribution in [-0.4, -0.2) is 42.4 Å². The zero-order valence-corrected chi connectivity index (χ0v) is 20.2. The molecule has 4 rings (SSSR count). The van der Waals surface area contributed by atoms with E-state index in [1.54, 1.807) is 42.1 Å². The minimum atomic E-state index is -3.37. The first-order valence-electron chi connectivity index (χ1n) is 9.64. The molecule has 1 N–H and O–H groups in total. The van der Waals surface area contributed by atoms with Crippen LogP contribution in [0.4, 0.5) is 0 Å². The lowest BCUT2D eigenvalue weighted by Gasteiger charge is -2.16. The van der Waals surface area contributed by atoms with Gasteiger partial charge in [0.25, 0.3) is 0 Å². The number of rotatable bonds is 6. The van der Waals surface area contributed by atoms with Gasteiger partial charge in [-0.05, 0) is 31.2 Å². The van der Waals surface area contributed by atoms with E-state index in [2.05, 4.69) is 4.98 Å². The molecule has 4 aromatic rings. The molecule has 0 aliphatic carbocycles. The number of methoxy groups -OCH3 is 1. The van der Waals surface area contributed by atoms with E-state index in [9.17, 15) is 18.3 Å². The average Bonchev–Trinajstić information content (AvgIpc) is 3.38. The third kappa shape index (κ3) is 4.41. The number of aromatic nitrogens is 2. The van der Waals surface area contributed by atoms with Crippen LogP contribution in [0.5, 0.6) is 11.5 Å². The molecule has 33 heavy (non-hydrogen) atoms. The van der Waals surface area contributed by atoms with E-state index in [1.807, 2.05) is 0 Å². The Morgan fingerprint density at radius 2 is 2.00 bits per heavy atom. The second-order valence-electron chi connectivity index (χ2n) is 7.25. The number of hydrogen-bond donors (Lipinski definition) is 1. The Morgan fingerprint density at radius 3 is 2.70 bits per heavy atom. The number of hydrogen-bond acceptors (Lipinski definition) is 8. The van der Waals surface area contributed by atoms with Gasteiger partial charge in [0, 0.05) is 17.9 Å². The molecule has 11 heteroatoms. The van der Waals surface area contributed by atoms with E-state index in [-0.39, 0.29) is 26.3 Å². The maximum atomic E-state index is 12.4. The van der Waals surface area contributed by atoms with Crippen LogP contribution in [0.15, 0.2) is 53.7 Å². The average molecular weight is 507 g/mol. The summed E-state index contributed by atoms with van der Waals surface area (Å²) in [5.41, 5.74) is 1.71. The van der Waals surface area contributed by atoms with Crippen molar-refractivity contribution < 1.29 is 27.8 Å². The molecular formula is C22H19ClN2O6S2. The van der Waals surface area contributed by atoms with E-state index in [0.29, 0.717) is 21.6 Å². The maximum Gasteiger partial charge on any atom is 0.351 e. The van der Waals surface area contributed by atoms with Crippen LogP contribution in [-0.2, 0) is 14.6 Å². The lowest BCUT2D eigenvalue weighted by molar-refractivity contribution is 0.0600. The molecule has 2 heterocycles. The number of phenols is 1. The van der Waals surface area contributed by atoms with Crippen molar-refractivity contribution in [2.24, 2.45) is 0 Å². The summed E-state index contributed by atoms with van der Waals surface area (Å²) >= 11 is 7.35. The van der Waals surface area contributed by atoms with E-state index in [4.69, 9.17) is 21.1 Å². The number of benzene rings is 2. The summed E-state index contributed by atoms with van der Waals surface area (Å²) < 4.78 is 36.4. The number of ether oxygens (including phenoxy) is 2. The van der Waals surface area contributed by atoms with Crippen LogP contribution in [0, 0.1) is 0 Å². The summed E-state index contributed by atoms with van der Waals surface area (Å²) in [6.07, 6.45) is 2.10. The highest BCUT2D eigenvalue weighted by molar-refractivity contribution is 7.90. The van der Waals surface area contributed by atoms with Gasteiger partial charge in [-0.2, -0.15) is 0 Å². The Bertz CT molecular complexity index is 1480. The molecule has 0 fully saturated rings. The van der Waals surface area contributed by atoms with Crippen LogP contribution in [0.25, 0.3) is 16.0 Å². The standard InChI is InChI=1S/C22H19ClN2O6S2/c1-12(14-5-4-6-17(26)20(14)23)31-18-10-19(32-21(18)22(27)30-2)25-11-24-15-9-13(33(3,28)29)7-8-16(15)25/h4-12,26H,1-3H3. The second kappa shape index (κ2) is 8.69. The maximum absolute atomic E-state index is 12.4. The van der Waals surface area contributed by atoms with Crippen molar-refractivity contribution in [2.45, 2.75) is 17.9 Å². The first-order chi connectivity index (χ1) is 15.6. The third-order valence-corrected chi connectivity index (χ3v) is 7.61. The highest BCUT2D eigenvalue weighted by atomic mass is 35.5. The van der Waals surface area contributed by atoms with Crippen LogP contribution < -0.4 is 4.74 Å². The minimum absolute atomic E-state index is 0.0674. The number of esters is 1. The van der Waals surface area contributed by atoms with Gasteiger partial charge in [0.05, 0.1) is 28.1 Å². The van der Waals surface area contributed by atoms with Crippen molar-refractivity contribution in [1.29, 1.82) is 0 Å². The summed E-state index contributed by atoms with van der Waals surface area (Å²) in [6, 6.07) is 11.2. The lowest BCUT2D eigenvalue weighted by Crippen LogP contribution is -2.07. The smallest absolute Gasteiger partial charge is 0.351 e. The zero-order valence-electron chi connectivity index (χ0n) is 17.8. The number of sulfone groups is 1. The van der Waals surface area contributed by atoms with E-state index >= 15 is 0 Å². The molecule has 0 saturated heterocycles. The number of carbonyl (C=O) groups excluding carboxylic acids is 1. The molecule has 0 saturated carbocycles. The summed E-state index contributed by atoms with van der Waals surface area (Å²) in [7, 11) is -2.09. The van der Waals surface area contributed by atoms with Crippen LogP contribution in [0.3, 0.4) is 0 Å². The fourth-order valence-corrected chi connectivity index (χ4v) is 5.22. The summed E-state index contributed by atoms with van der Waals surface area (Å²) in [5, 5.41) is 10.7. The molecule has 0 amide bonds. The molecule has 1 unspecified atom stereocenters. The molecule has 2 aromatic carbocycles. The van der Waals surface area contributed by atoms with Crippen molar-refractivity contribution in [3.63, 3.8) is 0 Å². The molecule has 0 aliphatic rings. The second-order valence-corrected chi connectivity index (χ2v) is 10.7. The predicted molar refractivity (Wildman–Crippen MR) is 126 cm³/mol. The van der Waals surface area contributed by atoms with Gasteiger partial charge in [0.15, 0.2) is 14.7 Å². The summed E-state index contributed by atoms with van der Waals surface area (Å²) in [5.74, 6) is -0.357. The molecule has 0 bridgehead atoms. The summed E-state index contributed by atoms with van der Waals surface area (Å²) in [6.45, 7) is 1.75. The highest BCUT2D eigenvalue weighted by Crippen LogP contribution is 2.39. The Kier molecular flexibility index (Phi) is 6.08. The predicted octanol–water partition coefficient (Wildman–Crippen LogP) is 4.78. The molecule has 2 aromatic heterocycles. The molecular weight excluding hydrogens is 488 g/mol. The number of halogens is 1. The van der Waals surface area contributed by atoms with Gasteiger partial charge in [-0.25, -0.2) is 18.2 Å². The van der Waals surface area contributed by atoms with Gasteiger partial charge >= 0.3 is 5.97 Å². The van der Waals surface area contributed by atoms with Gasteiger partial charge in [0.2, 0.25) is 0 Å². The fourth-order valence-electron chi connectivity index (χ4n) is 3.31. The number of aromatic hydroxyl groups is 1. The topological polar surface area (TPSA) is 108 Å². The molecule has 172 valence electrons. The van der Waals surface area contributed by atoms with E-state index < -0.39 is 21.9 Å². The Morgan fingerprint density at radius 1 is 1.24 bits per heavy atom. The van der Waals surface area contributed by atoms with Crippen LogP contribution >= 0.6 is 22.9 Å². The molecule has 0 radical (unpaired) electrons. The van der Waals surface area contributed by atoms with E-state index in [0.717, 1.165) is 17.6 Å². The van der Waals surface area contributed by atoms with Gasteiger partial charge in [0.1, 0.15) is 28.9 Å². The van der Waals surface area contributed by atoms with Crippen LogP contribution in [0.2, 0.25) is 5.02 Å². The zero-order chi connectivity index (χ0) is 23.9. The van der Waals surface area contributed by atoms with Crippen molar-refractivity contribution in [3.8, 4) is 16.5 Å². The Hall–Kier alpha value is -3.08. The first-order valence-corrected chi connectivity index (χ1v) is 12.7. The number of carbonyl (C=O) groups is 1.